The highest BCUT2D eigenvalue weighted by Gasteiger charge is 2.23. The van der Waals surface area contributed by atoms with E-state index in [1.807, 2.05) is 13.3 Å². The van der Waals surface area contributed by atoms with Gasteiger partial charge in [-0.3, -0.25) is 4.90 Å². The van der Waals surface area contributed by atoms with Crippen LogP contribution in [0.15, 0.2) is 30.6 Å². The van der Waals surface area contributed by atoms with Gasteiger partial charge in [0.15, 0.2) is 0 Å². The summed E-state index contributed by atoms with van der Waals surface area (Å²) in [6.45, 7) is 11.8. The molecule has 0 radical (unpaired) electrons. The average Bonchev–Trinajstić information content (AvgIpc) is 2.92. The minimum Gasteiger partial charge on any atom is -0.369 e. The first-order valence-corrected chi connectivity index (χ1v) is 8.03. The van der Waals surface area contributed by atoms with Gasteiger partial charge >= 0.3 is 0 Å². The summed E-state index contributed by atoms with van der Waals surface area (Å²) >= 11 is 0. The van der Waals surface area contributed by atoms with E-state index in [0.717, 1.165) is 38.5 Å². The summed E-state index contributed by atoms with van der Waals surface area (Å²) in [5, 5.41) is 7.99. The van der Waals surface area contributed by atoms with Gasteiger partial charge in [-0.25, -0.2) is 0 Å². The van der Waals surface area contributed by atoms with Crippen molar-refractivity contribution in [1.29, 1.82) is 0 Å². The largest absolute Gasteiger partial charge is 0.369 e. The van der Waals surface area contributed by atoms with Gasteiger partial charge in [-0.2, -0.15) is 0 Å². The Morgan fingerprint density at radius 1 is 1.09 bits per heavy atom. The maximum atomic E-state index is 4.04. The molecule has 0 amide bonds. The molecule has 2 aromatic rings. The highest BCUT2D eigenvalue weighted by atomic mass is 15.3. The number of hydrogen-bond donors (Lipinski definition) is 0. The molecule has 2 heterocycles. The number of benzene rings is 1. The van der Waals surface area contributed by atoms with Crippen LogP contribution < -0.4 is 4.90 Å². The highest BCUT2D eigenvalue weighted by molar-refractivity contribution is 5.48. The number of rotatable bonds is 4. The van der Waals surface area contributed by atoms with Gasteiger partial charge in [-0.05, 0) is 32.9 Å². The number of anilines is 1. The maximum Gasteiger partial charge on any atom is 0.129 e. The second-order valence-electron chi connectivity index (χ2n) is 6.24. The smallest absolute Gasteiger partial charge is 0.129 e. The normalized spacial score (nSPS) is 19.6. The van der Waals surface area contributed by atoms with Gasteiger partial charge in [0.2, 0.25) is 0 Å². The van der Waals surface area contributed by atoms with Crippen LogP contribution in [0.25, 0.3) is 0 Å². The van der Waals surface area contributed by atoms with Gasteiger partial charge in [0.25, 0.3) is 0 Å². The monoisotopic (exact) mass is 299 g/mol. The molecular formula is C17H25N5. The van der Waals surface area contributed by atoms with Crippen LogP contribution in [0.1, 0.15) is 18.3 Å². The van der Waals surface area contributed by atoms with Crippen molar-refractivity contribution in [2.24, 2.45) is 0 Å². The molecule has 0 N–H and O–H groups in total. The van der Waals surface area contributed by atoms with Gasteiger partial charge in [0, 0.05) is 44.5 Å². The van der Waals surface area contributed by atoms with Gasteiger partial charge in [-0.1, -0.05) is 17.7 Å². The molecule has 3 rings (SSSR count). The predicted octanol–water partition coefficient (Wildman–Crippen LogP) is 2.11. The topological polar surface area (TPSA) is 37.2 Å². The van der Waals surface area contributed by atoms with Crippen LogP contribution in [-0.4, -0.2) is 51.9 Å². The van der Waals surface area contributed by atoms with Crippen molar-refractivity contribution in [3.8, 4) is 0 Å². The van der Waals surface area contributed by atoms with Crippen molar-refractivity contribution in [3.63, 3.8) is 0 Å². The zero-order valence-electron chi connectivity index (χ0n) is 13.7. The van der Waals surface area contributed by atoms with Crippen LogP contribution in [0.3, 0.4) is 0 Å². The van der Waals surface area contributed by atoms with Crippen molar-refractivity contribution >= 4 is 5.69 Å². The maximum absolute atomic E-state index is 4.04. The molecule has 1 aliphatic rings. The summed E-state index contributed by atoms with van der Waals surface area (Å²) < 4.78 is 2.12. The van der Waals surface area contributed by atoms with Crippen molar-refractivity contribution in [2.45, 2.75) is 33.4 Å². The fourth-order valence-electron chi connectivity index (χ4n) is 3.09. The molecule has 1 saturated heterocycles. The molecule has 1 aliphatic heterocycles. The van der Waals surface area contributed by atoms with E-state index in [0.29, 0.717) is 6.04 Å². The molecule has 1 fully saturated rings. The Morgan fingerprint density at radius 2 is 1.86 bits per heavy atom. The first-order chi connectivity index (χ1) is 10.6. The molecule has 1 aromatic heterocycles. The standard InChI is InChI=1S/C17H25N5/c1-14-4-6-17(7-5-14)21-10-8-20(15(2)12-21)9-11-22-13-18-19-16(22)3/h4-7,13,15H,8-12H2,1-3H3. The van der Waals surface area contributed by atoms with E-state index in [1.165, 1.54) is 11.3 Å². The Labute approximate surface area is 132 Å². The molecule has 118 valence electrons. The SMILES string of the molecule is Cc1ccc(N2CCN(CCn3cnnc3C)C(C)C2)cc1. The molecule has 22 heavy (non-hydrogen) atoms. The van der Waals surface area contributed by atoms with Crippen LogP contribution in [0.5, 0.6) is 0 Å². The van der Waals surface area contributed by atoms with Gasteiger partial charge in [-0.15, -0.1) is 10.2 Å². The first kappa shape index (κ1) is 15.0. The van der Waals surface area contributed by atoms with Crippen molar-refractivity contribution < 1.29 is 0 Å². The molecule has 1 unspecified atom stereocenters. The average molecular weight is 299 g/mol. The molecule has 5 heteroatoms. The fourth-order valence-corrected chi connectivity index (χ4v) is 3.09. The third-order valence-electron chi connectivity index (χ3n) is 4.60. The molecule has 1 atom stereocenters. The Kier molecular flexibility index (Phi) is 4.43. The minimum atomic E-state index is 0.562. The lowest BCUT2D eigenvalue weighted by atomic mass is 10.1. The third kappa shape index (κ3) is 3.30. The lowest BCUT2D eigenvalue weighted by Crippen LogP contribution is -2.52. The van der Waals surface area contributed by atoms with E-state index in [1.54, 1.807) is 0 Å². The van der Waals surface area contributed by atoms with Crippen molar-refractivity contribution in [2.75, 3.05) is 31.1 Å². The van der Waals surface area contributed by atoms with Crippen LogP contribution in [0.4, 0.5) is 5.69 Å². The summed E-state index contributed by atoms with van der Waals surface area (Å²) in [6.07, 6.45) is 1.82. The van der Waals surface area contributed by atoms with E-state index >= 15 is 0 Å². The molecule has 0 saturated carbocycles. The Bertz CT molecular complexity index is 604. The predicted molar refractivity (Wildman–Crippen MR) is 89.2 cm³/mol. The van der Waals surface area contributed by atoms with E-state index in [4.69, 9.17) is 0 Å². The van der Waals surface area contributed by atoms with Gasteiger partial charge in [0.1, 0.15) is 12.2 Å². The van der Waals surface area contributed by atoms with Crippen LogP contribution in [0, 0.1) is 13.8 Å². The molecule has 0 bridgehead atoms. The van der Waals surface area contributed by atoms with Gasteiger partial charge in [0.05, 0.1) is 0 Å². The highest BCUT2D eigenvalue weighted by Crippen LogP contribution is 2.19. The molecule has 1 aromatic carbocycles. The minimum absolute atomic E-state index is 0.562. The lowest BCUT2D eigenvalue weighted by Gasteiger charge is -2.41. The zero-order valence-corrected chi connectivity index (χ0v) is 13.7. The van der Waals surface area contributed by atoms with Crippen molar-refractivity contribution in [3.05, 3.63) is 42.0 Å². The molecule has 0 spiro atoms. The fraction of sp³-hybridized carbons (Fsp3) is 0.529. The Morgan fingerprint density at radius 3 is 2.50 bits per heavy atom. The van der Waals surface area contributed by atoms with Crippen molar-refractivity contribution in [1.82, 2.24) is 19.7 Å². The van der Waals surface area contributed by atoms with Crippen LogP contribution >= 0.6 is 0 Å². The molecular weight excluding hydrogens is 274 g/mol. The van der Waals surface area contributed by atoms with E-state index in [-0.39, 0.29) is 0 Å². The van der Waals surface area contributed by atoms with E-state index in [9.17, 15) is 0 Å². The Hall–Kier alpha value is -1.88. The molecule has 0 aliphatic carbocycles. The summed E-state index contributed by atoms with van der Waals surface area (Å²) in [5.74, 6) is 0.992. The second-order valence-corrected chi connectivity index (χ2v) is 6.24. The quantitative estimate of drug-likeness (QED) is 0.866. The second kappa shape index (κ2) is 6.48. The number of aromatic nitrogens is 3. The lowest BCUT2D eigenvalue weighted by molar-refractivity contribution is 0.182. The number of hydrogen-bond acceptors (Lipinski definition) is 4. The summed E-state index contributed by atoms with van der Waals surface area (Å²) in [6, 6.07) is 9.42. The first-order valence-electron chi connectivity index (χ1n) is 8.03. The number of aryl methyl sites for hydroxylation is 2. The Balaban J connectivity index is 1.56. The summed E-state index contributed by atoms with van der Waals surface area (Å²) in [4.78, 5) is 5.05. The summed E-state index contributed by atoms with van der Waals surface area (Å²) in [5.41, 5.74) is 2.66. The van der Waals surface area contributed by atoms with Gasteiger partial charge < -0.3 is 9.47 Å². The van der Waals surface area contributed by atoms with Crippen LogP contribution in [0.2, 0.25) is 0 Å². The van der Waals surface area contributed by atoms with Crippen LogP contribution in [-0.2, 0) is 6.54 Å². The zero-order chi connectivity index (χ0) is 15.5. The summed E-state index contributed by atoms with van der Waals surface area (Å²) in [7, 11) is 0. The number of nitrogens with zero attached hydrogens (tertiary/aromatic N) is 5. The molecule has 5 nitrogen and oxygen atoms in total. The van der Waals surface area contributed by atoms with E-state index in [2.05, 4.69) is 62.7 Å². The third-order valence-corrected chi connectivity index (χ3v) is 4.60. The van der Waals surface area contributed by atoms with E-state index < -0.39 is 0 Å². The number of piperazine rings is 1.